The third-order valence-electron chi connectivity index (χ3n) is 4.37. The zero-order valence-corrected chi connectivity index (χ0v) is 12.7. The Morgan fingerprint density at radius 2 is 2.20 bits per heavy atom. The lowest BCUT2D eigenvalue weighted by Crippen LogP contribution is -2.40. The predicted octanol–water partition coefficient (Wildman–Crippen LogP) is 3.07. The van der Waals surface area contributed by atoms with Crippen molar-refractivity contribution >= 4 is 34.9 Å². The Morgan fingerprint density at radius 3 is 2.95 bits per heavy atom. The van der Waals surface area contributed by atoms with E-state index in [-0.39, 0.29) is 12.1 Å². The third-order valence-corrected chi connectivity index (χ3v) is 4.93. The van der Waals surface area contributed by atoms with Crippen LogP contribution in [0.5, 0.6) is 0 Å². The number of rotatable bonds is 1. The molecule has 3 unspecified atom stereocenters. The molecule has 4 nitrogen and oxygen atoms in total. The Labute approximate surface area is 128 Å². The first-order chi connectivity index (χ1) is 9.56. The Morgan fingerprint density at radius 1 is 1.40 bits per heavy atom. The molecule has 3 rings (SSSR count). The standard InChI is InChI=1S/C14H17Cl2N3O/c1-8-11-6-17-5-9(11)7-19(8)14(20)18-13-4-10(15)2-3-12(13)16/h2-4,8-9,11,17H,5-7H2,1H3,(H,18,20). The van der Waals surface area contributed by atoms with Crippen LogP contribution in [-0.4, -0.2) is 36.6 Å². The molecule has 0 spiro atoms. The predicted molar refractivity (Wildman–Crippen MR) is 81.5 cm³/mol. The molecule has 2 N–H and O–H groups in total. The summed E-state index contributed by atoms with van der Waals surface area (Å²) < 4.78 is 0. The molecule has 2 fully saturated rings. The second-order valence-corrected chi connectivity index (χ2v) is 6.37. The lowest BCUT2D eigenvalue weighted by atomic mass is 9.95. The van der Waals surface area contributed by atoms with Crippen LogP contribution >= 0.6 is 23.2 Å². The van der Waals surface area contributed by atoms with Gasteiger partial charge in [0.15, 0.2) is 0 Å². The van der Waals surface area contributed by atoms with Gasteiger partial charge in [-0.2, -0.15) is 0 Å². The van der Waals surface area contributed by atoms with E-state index < -0.39 is 0 Å². The summed E-state index contributed by atoms with van der Waals surface area (Å²) in [4.78, 5) is 14.3. The van der Waals surface area contributed by atoms with Gasteiger partial charge in [0.1, 0.15) is 0 Å². The van der Waals surface area contributed by atoms with Crippen molar-refractivity contribution in [2.45, 2.75) is 13.0 Å². The fourth-order valence-electron chi connectivity index (χ4n) is 3.22. The van der Waals surface area contributed by atoms with Gasteiger partial charge in [0.2, 0.25) is 0 Å². The van der Waals surface area contributed by atoms with Gasteiger partial charge in [-0.1, -0.05) is 23.2 Å². The van der Waals surface area contributed by atoms with Gasteiger partial charge in [0, 0.05) is 30.7 Å². The van der Waals surface area contributed by atoms with Gasteiger partial charge in [-0.15, -0.1) is 0 Å². The van der Waals surface area contributed by atoms with Crippen molar-refractivity contribution in [3.63, 3.8) is 0 Å². The van der Waals surface area contributed by atoms with Gasteiger partial charge in [0.05, 0.1) is 10.7 Å². The van der Waals surface area contributed by atoms with Crippen LogP contribution in [-0.2, 0) is 0 Å². The van der Waals surface area contributed by atoms with Crippen molar-refractivity contribution in [2.24, 2.45) is 11.8 Å². The summed E-state index contributed by atoms with van der Waals surface area (Å²) in [7, 11) is 0. The van der Waals surface area contributed by atoms with Crippen LogP contribution in [0.4, 0.5) is 10.5 Å². The first-order valence-electron chi connectivity index (χ1n) is 6.79. The number of likely N-dealkylation sites (tertiary alicyclic amines) is 1. The van der Waals surface area contributed by atoms with Crippen molar-refractivity contribution in [1.82, 2.24) is 10.2 Å². The highest BCUT2D eigenvalue weighted by atomic mass is 35.5. The molecular formula is C14H17Cl2N3O. The number of urea groups is 1. The summed E-state index contributed by atoms with van der Waals surface area (Å²) in [5.41, 5.74) is 0.562. The van der Waals surface area contributed by atoms with Crippen LogP contribution in [0.15, 0.2) is 18.2 Å². The number of hydrogen-bond donors (Lipinski definition) is 2. The van der Waals surface area contributed by atoms with Gasteiger partial charge < -0.3 is 15.5 Å². The number of nitrogens with zero attached hydrogens (tertiary/aromatic N) is 1. The molecule has 2 heterocycles. The van der Waals surface area contributed by atoms with E-state index in [1.165, 1.54) is 0 Å². The number of halogens is 2. The Balaban J connectivity index is 1.72. The van der Waals surface area contributed by atoms with Gasteiger partial charge in [-0.3, -0.25) is 0 Å². The molecule has 1 aromatic carbocycles. The molecule has 2 aliphatic rings. The maximum atomic E-state index is 12.4. The number of fused-ring (bicyclic) bond motifs is 1. The smallest absolute Gasteiger partial charge is 0.321 e. The fraction of sp³-hybridized carbons (Fsp3) is 0.500. The summed E-state index contributed by atoms with van der Waals surface area (Å²) >= 11 is 12.0. The van der Waals surface area contributed by atoms with E-state index in [0.717, 1.165) is 19.6 Å². The molecule has 2 amide bonds. The quantitative estimate of drug-likeness (QED) is 0.837. The molecule has 0 radical (unpaired) electrons. The number of amides is 2. The molecule has 108 valence electrons. The van der Waals surface area contributed by atoms with E-state index in [9.17, 15) is 4.79 Å². The molecule has 0 aliphatic carbocycles. The van der Waals surface area contributed by atoms with Gasteiger partial charge in [-0.25, -0.2) is 4.79 Å². The maximum Gasteiger partial charge on any atom is 0.322 e. The van der Waals surface area contributed by atoms with E-state index in [0.29, 0.717) is 27.6 Å². The van der Waals surface area contributed by atoms with E-state index in [2.05, 4.69) is 17.6 Å². The molecule has 3 atom stereocenters. The first kappa shape index (κ1) is 14.0. The van der Waals surface area contributed by atoms with E-state index in [1.807, 2.05) is 4.90 Å². The molecule has 2 aliphatic heterocycles. The second kappa shape index (κ2) is 5.43. The molecular weight excluding hydrogens is 297 g/mol. The summed E-state index contributed by atoms with van der Waals surface area (Å²) in [6, 6.07) is 5.20. The zero-order valence-electron chi connectivity index (χ0n) is 11.2. The van der Waals surface area contributed by atoms with E-state index in [4.69, 9.17) is 23.2 Å². The van der Waals surface area contributed by atoms with Crippen LogP contribution < -0.4 is 10.6 Å². The monoisotopic (exact) mass is 313 g/mol. The minimum atomic E-state index is -0.101. The Hall–Kier alpha value is -0.970. The van der Waals surface area contributed by atoms with E-state index >= 15 is 0 Å². The highest BCUT2D eigenvalue weighted by Gasteiger charge is 2.43. The number of benzene rings is 1. The number of anilines is 1. The van der Waals surface area contributed by atoms with Crippen LogP contribution in [0.25, 0.3) is 0 Å². The van der Waals surface area contributed by atoms with Crippen molar-refractivity contribution in [2.75, 3.05) is 25.0 Å². The van der Waals surface area contributed by atoms with Crippen molar-refractivity contribution < 1.29 is 4.79 Å². The van der Waals surface area contributed by atoms with Crippen LogP contribution in [0, 0.1) is 11.8 Å². The van der Waals surface area contributed by atoms with E-state index in [1.54, 1.807) is 18.2 Å². The largest absolute Gasteiger partial charge is 0.322 e. The van der Waals surface area contributed by atoms with Gasteiger partial charge in [0.25, 0.3) is 0 Å². The number of nitrogens with one attached hydrogen (secondary N) is 2. The lowest BCUT2D eigenvalue weighted by molar-refractivity contribution is 0.203. The van der Waals surface area contributed by atoms with Crippen molar-refractivity contribution in [3.05, 3.63) is 28.2 Å². The number of carbonyl (C=O) groups is 1. The highest BCUT2D eigenvalue weighted by molar-refractivity contribution is 6.35. The molecule has 0 aromatic heterocycles. The topological polar surface area (TPSA) is 44.4 Å². The zero-order chi connectivity index (χ0) is 14.3. The molecule has 2 saturated heterocycles. The van der Waals surface area contributed by atoms with Crippen LogP contribution in [0.1, 0.15) is 6.92 Å². The second-order valence-electron chi connectivity index (χ2n) is 5.53. The first-order valence-corrected chi connectivity index (χ1v) is 7.55. The van der Waals surface area contributed by atoms with Crippen molar-refractivity contribution in [1.29, 1.82) is 0 Å². The Kier molecular flexibility index (Phi) is 3.80. The minimum absolute atomic E-state index is 0.101. The summed E-state index contributed by atoms with van der Waals surface area (Å²) in [5.74, 6) is 1.11. The fourth-order valence-corrected chi connectivity index (χ4v) is 3.55. The average Bonchev–Trinajstić information content (AvgIpc) is 2.97. The molecule has 6 heteroatoms. The normalized spacial score (nSPS) is 28.6. The molecule has 1 aromatic rings. The van der Waals surface area contributed by atoms with Crippen LogP contribution in [0.3, 0.4) is 0 Å². The van der Waals surface area contributed by atoms with Crippen molar-refractivity contribution in [3.8, 4) is 0 Å². The molecule has 20 heavy (non-hydrogen) atoms. The van der Waals surface area contributed by atoms with Gasteiger partial charge >= 0.3 is 6.03 Å². The summed E-state index contributed by atoms with van der Waals surface area (Å²) in [5, 5.41) is 7.30. The lowest BCUT2D eigenvalue weighted by Gasteiger charge is -2.25. The highest BCUT2D eigenvalue weighted by Crippen LogP contribution is 2.33. The average molecular weight is 314 g/mol. The maximum absolute atomic E-state index is 12.4. The summed E-state index contributed by atoms with van der Waals surface area (Å²) in [6.07, 6.45) is 0. The number of hydrogen-bond acceptors (Lipinski definition) is 2. The summed E-state index contributed by atoms with van der Waals surface area (Å²) in [6.45, 7) is 4.89. The SMILES string of the molecule is CC1C2CNCC2CN1C(=O)Nc1cc(Cl)ccc1Cl. The van der Waals surface area contributed by atoms with Crippen LogP contribution in [0.2, 0.25) is 10.0 Å². The molecule has 0 saturated carbocycles. The molecule has 0 bridgehead atoms. The number of carbonyl (C=O) groups excluding carboxylic acids is 1. The van der Waals surface area contributed by atoms with Gasteiger partial charge in [-0.05, 0) is 37.0 Å². The Bertz CT molecular complexity index is 537. The third kappa shape index (κ3) is 2.48. The minimum Gasteiger partial charge on any atom is -0.321 e.